The lowest BCUT2D eigenvalue weighted by atomic mass is 10.2. The molecule has 0 atom stereocenters. The number of para-hydroxylation sites is 1. The molecule has 0 saturated heterocycles. The molecule has 21 heavy (non-hydrogen) atoms. The predicted molar refractivity (Wildman–Crippen MR) is 78.7 cm³/mol. The Morgan fingerprint density at radius 1 is 1.05 bits per heavy atom. The molecule has 1 aromatic heterocycles. The Morgan fingerprint density at radius 3 is 2.52 bits per heavy atom. The zero-order valence-electron chi connectivity index (χ0n) is 11.0. The van der Waals surface area contributed by atoms with E-state index in [0.717, 1.165) is 28.6 Å². The van der Waals surface area contributed by atoms with Crippen LogP contribution in [0.3, 0.4) is 0 Å². The van der Waals surface area contributed by atoms with Gasteiger partial charge in [0.2, 0.25) is 10.0 Å². The third kappa shape index (κ3) is 2.81. The molecule has 0 radical (unpaired) electrons. The number of rotatable bonds is 4. The van der Waals surface area contributed by atoms with Crippen molar-refractivity contribution in [3.05, 3.63) is 66.1 Å². The molecule has 0 spiro atoms. The molecular weight excluding hydrogens is 291 g/mol. The lowest BCUT2D eigenvalue weighted by Gasteiger charge is -2.06. The maximum Gasteiger partial charge on any atom is 0.240 e. The molecule has 3 rings (SSSR count). The van der Waals surface area contributed by atoms with Crippen molar-refractivity contribution < 1.29 is 12.8 Å². The second kappa shape index (κ2) is 5.31. The lowest BCUT2D eigenvalue weighted by Crippen LogP contribution is -2.23. The van der Waals surface area contributed by atoms with E-state index < -0.39 is 15.8 Å². The highest BCUT2D eigenvalue weighted by Crippen LogP contribution is 2.18. The van der Waals surface area contributed by atoms with E-state index in [1.807, 2.05) is 24.3 Å². The van der Waals surface area contributed by atoms with E-state index in [-0.39, 0.29) is 11.4 Å². The molecule has 0 amide bonds. The van der Waals surface area contributed by atoms with Crippen molar-refractivity contribution in [1.29, 1.82) is 0 Å². The van der Waals surface area contributed by atoms with Gasteiger partial charge >= 0.3 is 0 Å². The molecule has 6 heteroatoms. The molecular formula is C15H13FN2O2S. The molecule has 0 bridgehead atoms. The highest BCUT2D eigenvalue weighted by Gasteiger charge is 2.14. The van der Waals surface area contributed by atoms with Crippen molar-refractivity contribution in [3.63, 3.8) is 0 Å². The number of nitrogens with one attached hydrogen (secondary N) is 2. The summed E-state index contributed by atoms with van der Waals surface area (Å²) in [5, 5.41) is 0.972. The first-order valence-electron chi connectivity index (χ1n) is 6.36. The highest BCUT2D eigenvalue weighted by molar-refractivity contribution is 7.89. The van der Waals surface area contributed by atoms with Gasteiger partial charge in [-0.15, -0.1) is 0 Å². The van der Waals surface area contributed by atoms with Gasteiger partial charge in [-0.25, -0.2) is 17.5 Å². The van der Waals surface area contributed by atoms with Crippen molar-refractivity contribution in [2.75, 3.05) is 0 Å². The maximum absolute atomic E-state index is 12.8. The molecule has 108 valence electrons. The van der Waals surface area contributed by atoms with Gasteiger partial charge in [-0.1, -0.05) is 18.2 Å². The van der Waals surface area contributed by atoms with Crippen LogP contribution in [0.1, 0.15) is 5.56 Å². The summed E-state index contributed by atoms with van der Waals surface area (Å²) in [5.74, 6) is -0.467. The summed E-state index contributed by atoms with van der Waals surface area (Å²) >= 11 is 0. The number of hydrogen-bond acceptors (Lipinski definition) is 2. The number of aromatic nitrogens is 1. The first-order chi connectivity index (χ1) is 10.1. The van der Waals surface area contributed by atoms with Crippen molar-refractivity contribution >= 4 is 20.9 Å². The third-order valence-corrected chi connectivity index (χ3v) is 4.67. The number of benzene rings is 2. The topological polar surface area (TPSA) is 62.0 Å². The molecule has 2 N–H and O–H groups in total. The Kier molecular flexibility index (Phi) is 3.48. The Morgan fingerprint density at radius 2 is 1.76 bits per heavy atom. The summed E-state index contributed by atoms with van der Waals surface area (Å²) in [5.41, 5.74) is 1.81. The maximum atomic E-state index is 12.8. The van der Waals surface area contributed by atoms with Gasteiger partial charge in [0.25, 0.3) is 0 Å². The zero-order valence-corrected chi connectivity index (χ0v) is 11.8. The third-order valence-electron chi connectivity index (χ3n) is 3.25. The van der Waals surface area contributed by atoms with Crippen molar-refractivity contribution in [1.82, 2.24) is 9.71 Å². The fourth-order valence-corrected chi connectivity index (χ4v) is 3.15. The summed E-state index contributed by atoms with van der Waals surface area (Å²) in [6, 6.07) is 12.4. The summed E-state index contributed by atoms with van der Waals surface area (Å²) in [6.07, 6.45) is 1.78. The molecule has 3 aromatic rings. The molecule has 0 aliphatic carbocycles. The average Bonchev–Trinajstić information content (AvgIpc) is 2.89. The van der Waals surface area contributed by atoms with Crippen LogP contribution in [0.5, 0.6) is 0 Å². The van der Waals surface area contributed by atoms with E-state index >= 15 is 0 Å². The molecule has 0 unspecified atom stereocenters. The van der Waals surface area contributed by atoms with Crippen molar-refractivity contribution in [3.8, 4) is 0 Å². The highest BCUT2D eigenvalue weighted by atomic mass is 32.2. The van der Waals surface area contributed by atoms with Gasteiger partial charge in [0.1, 0.15) is 5.82 Å². The van der Waals surface area contributed by atoms with Gasteiger partial charge in [0, 0.05) is 23.6 Å². The number of sulfonamides is 1. The number of aromatic amines is 1. The van der Waals surface area contributed by atoms with Gasteiger partial charge in [-0.05, 0) is 35.9 Å². The number of hydrogen-bond donors (Lipinski definition) is 2. The smallest absolute Gasteiger partial charge is 0.240 e. The van der Waals surface area contributed by atoms with E-state index in [1.165, 1.54) is 12.1 Å². The monoisotopic (exact) mass is 304 g/mol. The molecule has 0 aliphatic heterocycles. The second-order valence-corrected chi connectivity index (χ2v) is 6.40. The normalized spacial score (nSPS) is 11.9. The summed E-state index contributed by atoms with van der Waals surface area (Å²) in [6.45, 7) is 0.170. The molecule has 0 saturated carbocycles. The van der Waals surface area contributed by atoms with Crippen LogP contribution >= 0.6 is 0 Å². The zero-order chi connectivity index (χ0) is 14.9. The van der Waals surface area contributed by atoms with Crippen LogP contribution in [0.15, 0.2) is 59.6 Å². The van der Waals surface area contributed by atoms with Crippen molar-refractivity contribution in [2.24, 2.45) is 0 Å². The SMILES string of the molecule is O=S(=O)(NCc1c[nH]c2ccccc12)c1ccc(F)cc1. The minimum atomic E-state index is -3.65. The lowest BCUT2D eigenvalue weighted by molar-refractivity contribution is 0.580. The van der Waals surface area contributed by atoms with Gasteiger partial charge in [0.05, 0.1) is 4.90 Å². The fraction of sp³-hybridized carbons (Fsp3) is 0.0667. The van der Waals surface area contributed by atoms with Crippen LogP contribution in [0.4, 0.5) is 4.39 Å². The average molecular weight is 304 g/mol. The van der Waals surface area contributed by atoms with E-state index in [4.69, 9.17) is 0 Å². The summed E-state index contributed by atoms with van der Waals surface area (Å²) < 4.78 is 39.6. The van der Waals surface area contributed by atoms with Gasteiger partial charge in [0.15, 0.2) is 0 Å². The first-order valence-corrected chi connectivity index (χ1v) is 7.85. The van der Waals surface area contributed by atoms with Crippen molar-refractivity contribution in [2.45, 2.75) is 11.4 Å². The van der Waals surface area contributed by atoms with Crippen LogP contribution in [0.2, 0.25) is 0 Å². The molecule has 2 aromatic carbocycles. The Labute approximate surface area is 121 Å². The minimum Gasteiger partial charge on any atom is -0.361 e. The molecule has 4 nitrogen and oxygen atoms in total. The molecule has 0 fully saturated rings. The summed E-state index contributed by atoms with van der Waals surface area (Å²) in [4.78, 5) is 3.13. The van der Waals surface area contributed by atoms with Gasteiger partial charge in [-0.2, -0.15) is 0 Å². The minimum absolute atomic E-state index is 0.0451. The Balaban J connectivity index is 1.82. The van der Waals surface area contributed by atoms with Crippen LogP contribution in [0.25, 0.3) is 10.9 Å². The second-order valence-electron chi connectivity index (χ2n) is 4.64. The predicted octanol–water partition coefficient (Wildman–Crippen LogP) is 2.79. The van der Waals surface area contributed by atoms with Crippen LogP contribution in [-0.4, -0.2) is 13.4 Å². The fourth-order valence-electron chi connectivity index (χ4n) is 2.15. The van der Waals surface area contributed by atoms with Crippen LogP contribution in [-0.2, 0) is 16.6 Å². The molecule has 1 heterocycles. The van der Waals surface area contributed by atoms with Gasteiger partial charge < -0.3 is 4.98 Å². The van der Waals surface area contributed by atoms with E-state index in [0.29, 0.717) is 0 Å². The van der Waals surface area contributed by atoms with Gasteiger partial charge in [-0.3, -0.25) is 0 Å². The number of halogens is 1. The Bertz CT molecular complexity index is 870. The standard InChI is InChI=1S/C15H13FN2O2S/c16-12-5-7-13(8-6-12)21(19,20)18-10-11-9-17-15-4-2-1-3-14(11)15/h1-9,17-18H,10H2. The summed E-state index contributed by atoms with van der Waals surface area (Å²) in [7, 11) is -3.65. The van der Waals surface area contributed by atoms with E-state index in [9.17, 15) is 12.8 Å². The largest absolute Gasteiger partial charge is 0.361 e. The quantitative estimate of drug-likeness (QED) is 0.778. The molecule has 0 aliphatic rings. The Hall–Kier alpha value is -2.18. The van der Waals surface area contributed by atoms with Crippen LogP contribution < -0.4 is 4.72 Å². The van der Waals surface area contributed by atoms with E-state index in [2.05, 4.69) is 9.71 Å². The first kappa shape index (κ1) is 13.8. The number of fused-ring (bicyclic) bond motifs is 1. The number of H-pyrrole nitrogens is 1. The van der Waals surface area contributed by atoms with Crippen LogP contribution in [0, 0.1) is 5.82 Å². The van der Waals surface area contributed by atoms with E-state index in [1.54, 1.807) is 6.20 Å².